The molecule has 2 nitrogen and oxygen atoms in total. The Morgan fingerprint density at radius 2 is 2.00 bits per heavy atom. The Bertz CT molecular complexity index is 176. The van der Waals surface area contributed by atoms with Crippen LogP contribution >= 0.6 is 15.9 Å². The molecule has 0 bridgehead atoms. The molecule has 0 radical (unpaired) electrons. The van der Waals surface area contributed by atoms with Gasteiger partial charge in [-0.2, -0.15) is 10.5 Å². The molecule has 0 saturated heterocycles. The summed E-state index contributed by atoms with van der Waals surface area (Å²) in [6.45, 7) is 1.84. The average molecular weight is 185 g/mol. The molecule has 0 unspecified atom stereocenters. The van der Waals surface area contributed by atoms with E-state index in [0.29, 0.717) is 0 Å². The molecule has 0 spiro atoms. The van der Waals surface area contributed by atoms with Crippen molar-refractivity contribution in [2.75, 3.05) is 0 Å². The van der Waals surface area contributed by atoms with E-state index in [1.165, 1.54) is 0 Å². The summed E-state index contributed by atoms with van der Waals surface area (Å²) in [7, 11) is 0. The van der Waals surface area contributed by atoms with Gasteiger partial charge >= 0.3 is 0 Å². The molecule has 3 heteroatoms. The Hall–Kier alpha value is -0.800. The Labute approximate surface area is 62.5 Å². The number of halogens is 1. The molecule has 0 fully saturated rings. The Morgan fingerprint density at radius 3 is 2.11 bits per heavy atom. The summed E-state index contributed by atoms with van der Waals surface area (Å²) in [6.07, 6.45) is 1.56. The number of allylic oxidation sites excluding steroid dienone is 2. The van der Waals surface area contributed by atoms with Gasteiger partial charge in [0.05, 0.1) is 0 Å². The number of rotatable bonds is 1. The first-order valence-corrected chi connectivity index (χ1v) is 3.28. The van der Waals surface area contributed by atoms with E-state index in [1.807, 2.05) is 6.92 Å². The maximum atomic E-state index is 8.21. The number of hydrogen-bond donors (Lipinski definition) is 0. The van der Waals surface area contributed by atoms with Crippen molar-refractivity contribution in [3.8, 4) is 12.1 Å². The molecule has 1 atom stereocenters. The Balaban J connectivity index is 4.18. The average Bonchev–Trinajstić information content (AvgIpc) is 1.82. The first-order chi connectivity index (χ1) is 4.20. The maximum absolute atomic E-state index is 8.21. The van der Waals surface area contributed by atoms with Crippen molar-refractivity contribution >= 4 is 15.9 Å². The highest BCUT2D eigenvalue weighted by Crippen LogP contribution is 2.02. The van der Waals surface area contributed by atoms with E-state index in [1.54, 1.807) is 18.2 Å². The lowest BCUT2D eigenvalue weighted by atomic mass is 10.3. The molecule has 0 aromatic heterocycles. The summed E-state index contributed by atoms with van der Waals surface area (Å²) < 4.78 is 0. The lowest BCUT2D eigenvalue weighted by molar-refractivity contribution is 1.26. The normalized spacial score (nSPS) is 10.7. The molecule has 0 amide bonds. The van der Waals surface area contributed by atoms with Gasteiger partial charge < -0.3 is 0 Å². The van der Waals surface area contributed by atoms with E-state index in [9.17, 15) is 0 Å². The van der Waals surface area contributed by atoms with Gasteiger partial charge in [-0.25, -0.2) is 0 Å². The summed E-state index contributed by atoms with van der Waals surface area (Å²) in [5, 5.41) is 16.4. The van der Waals surface area contributed by atoms with Crippen molar-refractivity contribution in [3.05, 3.63) is 11.6 Å². The SMILES string of the molecule is C[C@@H](Br)C=C(C#N)C#N. The molecule has 0 N–H and O–H groups in total. The van der Waals surface area contributed by atoms with Crippen LogP contribution in [-0.2, 0) is 0 Å². The van der Waals surface area contributed by atoms with Crippen molar-refractivity contribution in [2.45, 2.75) is 11.8 Å². The smallest absolute Gasteiger partial charge is 0.126 e. The quantitative estimate of drug-likeness (QED) is 0.461. The van der Waals surface area contributed by atoms with E-state index >= 15 is 0 Å². The van der Waals surface area contributed by atoms with Crippen LogP contribution in [0.5, 0.6) is 0 Å². The molecular weight excluding hydrogens is 180 g/mol. The lowest BCUT2D eigenvalue weighted by Crippen LogP contribution is -1.83. The topological polar surface area (TPSA) is 47.6 Å². The van der Waals surface area contributed by atoms with Gasteiger partial charge in [0, 0.05) is 4.83 Å². The minimum atomic E-state index is 0.0896. The highest BCUT2D eigenvalue weighted by molar-refractivity contribution is 9.09. The largest absolute Gasteiger partial charge is 0.192 e. The molecule has 9 heavy (non-hydrogen) atoms. The molecule has 0 aliphatic carbocycles. The third-order valence-electron chi connectivity index (χ3n) is 0.637. The van der Waals surface area contributed by atoms with Crippen molar-refractivity contribution in [1.82, 2.24) is 0 Å². The van der Waals surface area contributed by atoms with Gasteiger partial charge in [-0.15, -0.1) is 0 Å². The van der Waals surface area contributed by atoms with Crippen LogP contribution in [0, 0.1) is 22.7 Å². The standard InChI is InChI=1S/C6H5BrN2/c1-5(7)2-6(3-8)4-9/h2,5H,1H3/t5-/m1/s1. The first-order valence-electron chi connectivity index (χ1n) is 2.36. The third-order valence-corrected chi connectivity index (χ3v) is 0.902. The molecule has 0 aliphatic rings. The first kappa shape index (κ1) is 8.20. The maximum Gasteiger partial charge on any atom is 0.126 e. The van der Waals surface area contributed by atoms with Crippen LogP contribution < -0.4 is 0 Å². The van der Waals surface area contributed by atoms with Gasteiger partial charge in [-0.3, -0.25) is 0 Å². The zero-order chi connectivity index (χ0) is 7.28. The number of nitrogens with zero attached hydrogens (tertiary/aromatic N) is 2. The summed E-state index contributed by atoms with van der Waals surface area (Å²) in [5.74, 6) is 0. The summed E-state index contributed by atoms with van der Waals surface area (Å²) >= 11 is 3.18. The predicted octanol–water partition coefficient (Wildman–Crippen LogP) is 1.74. The fourth-order valence-electron chi connectivity index (χ4n) is 0.329. The van der Waals surface area contributed by atoms with E-state index in [0.717, 1.165) is 0 Å². The van der Waals surface area contributed by atoms with Crippen molar-refractivity contribution in [2.24, 2.45) is 0 Å². The van der Waals surface area contributed by atoms with Gasteiger partial charge in [-0.1, -0.05) is 15.9 Å². The number of hydrogen-bond acceptors (Lipinski definition) is 2. The predicted molar refractivity (Wildman–Crippen MR) is 37.7 cm³/mol. The zero-order valence-electron chi connectivity index (χ0n) is 4.93. The molecule has 0 rings (SSSR count). The highest BCUT2D eigenvalue weighted by atomic mass is 79.9. The second-order valence-corrected chi connectivity index (χ2v) is 2.93. The Kier molecular flexibility index (Phi) is 3.75. The zero-order valence-corrected chi connectivity index (χ0v) is 6.51. The molecule has 0 aliphatic heterocycles. The van der Waals surface area contributed by atoms with Crippen LogP contribution in [0.3, 0.4) is 0 Å². The van der Waals surface area contributed by atoms with Gasteiger partial charge in [0.1, 0.15) is 17.7 Å². The summed E-state index contributed by atoms with van der Waals surface area (Å²) in [4.78, 5) is 0.0896. The Morgan fingerprint density at radius 1 is 1.56 bits per heavy atom. The summed E-state index contributed by atoms with van der Waals surface area (Å²) in [6, 6.07) is 3.51. The van der Waals surface area contributed by atoms with Crippen molar-refractivity contribution in [1.29, 1.82) is 10.5 Å². The van der Waals surface area contributed by atoms with Crippen molar-refractivity contribution in [3.63, 3.8) is 0 Å². The monoisotopic (exact) mass is 184 g/mol. The molecule has 0 heterocycles. The van der Waals surface area contributed by atoms with E-state index in [2.05, 4.69) is 15.9 Å². The van der Waals surface area contributed by atoms with E-state index < -0.39 is 0 Å². The number of alkyl halides is 1. The fraction of sp³-hybridized carbons (Fsp3) is 0.333. The van der Waals surface area contributed by atoms with E-state index in [4.69, 9.17) is 10.5 Å². The van der Waals surface area contributed by atoms with Gasteiger partial charge in [0.25, 0.3) is 0 Å². The lowest BCUT2D eigenvalue weighted by Gasteiger charge is -1.87. The van der Waals surface area contributed by atoms with Gasteiger partial charge in [0.2, 0.25) is 0 Å². The molecular formula is C6H5BrN2. The van der Waals surface area contributed by atoms with Crippen LogP contribution in [0.1, 0.15) is 6.92 Å². The van der Waals surface area contributed by atoms with Crippen LogP contribution in [0.4, 0.5) is 0 Å². The van der Waals surface area contributed by atoms with E-state index in [-0.39, 0.29) is 10.4 Å². The van der Waals surface area contributed by atoms with Crippen LogP contribution in [0.15, 0.2) is 11.6 Å². The molecule has 0 aromatic rings. The molecule has 46 valence electrons. The van der Waals surface area contributed by atoms with Crippen molar-refractivity contribution < 1.29 is 0 Å². The molecule has 0 saturated carbocycles. The van der Waals surface area contributed by atoms with Crippen LogP contribution in [-0.4, -0.2) is 4.83 Å². The van der Waals surface area contributed by atoms with Gasteiger partial charge in [-0.05, 0) is 13.0 Å². The van der Waals surface area contributed by atoms with Crippen LogP contribution in [0.2, 0.25) is 0 Å². The fourth-order valence-corrected chi connectivity index (χ4v) is 0.594. The highest BCUT2D eigenvalue weighted by Gasteiger charge is 1.93. The molecule has 0 aromatic carbocycles. The third kappa shape index (κ3) is 3.76. The second kappa shape index (κ2) is 4.12. The van der Waals surface area contributed by atoms with Gasteiger partial charge in [0.15, 0.2) is 0 Å². The minimum Gasteiger partial charge on any atom is -0.192 e. The second-order valence-electron chi connectivity index (χ2n) is 1.48. The number of nitriles is 2. The minimum absolute atomic E-state index is 0.0896. The summed E-state index contributed by atoms with van der Waals surface area (Å²) in [5.41, 5.74) is 0.152. The van der Waals surface area contributed by atoms with Crippen LogP contribution in [0.25, 0.3) is 0 Å².